The number of carboxylic acids is 1. The number of halogens is 1. The molecule has 0 aliphatic heterocycles. The van der Waals surface area contributed by atoms with E-state index in [4.69, 9.17) is 16.7 Å². The fourth-order valence-electron chi connectivity index (χ4n) is 1.98. The van der Waals surface area contributed by atoms with Crippen LogP contribution in [0.4, 0.5) is 0 Å². The van der Waals surface area contributed by atoms with Gasteiger partial charge in [0.15, 0.2) is 0 Å². The Labute approximate surface area is 130 Å². The molecule has 0 atom stereocenters. The van der Waals surface area contributed by atoms with Crippen LogP contribution < -0.4 is 0 Å². The smallest absolute Gasteiger partial charge is 0.304 e. The molecule has 0 saturated heterocycles. The molecule has 0 saturated carbocycles. The van der Waals surface area contributed by atoms with E-state index in [0.29, 0.717) is 10.6 Å². The Balaban J connectivity index is 3.33. The predicted molar refractivity (Wildman–Crippen MR) is 82.1 cm³/mol. The van der Waals surface area contributed by atoms with E-state index < -0.39 is 21.5 Å². The van der Waals surface area contributed by atoms with E-state index in [1.54, 1.807) is 39.8 Å². The summed E-state index contributed by atoms with van der Waals surface area (Å²) in [4.78, 5) is 10.9. The monoisotopic (exact) mass is 333 g/mol. The van der Waals surface area contributed by atoms with Crippen LogP contribution in [0.3, 0.4) is 0 Å². The van der Waals surface area contributed by atoms with Crippen LogP contribution in [-0.4, -0.2) is 35.9 Å². The first kappa shape index (κ1) is 17.9. The van der Waals surface area contributed by atoms with Crippen molar-refractivity contribution in [2.75, 3.05) is 6.54 Å². The molecule has 5 nitrogen and oxygen atoms in total. The van der Waals surface area contributed by atoms with Crippen molar-refractivity contribution in [3.8, 4) is 0 Å². The second-order valence-electron chi connectivity index (χ2n) is 5.80. The average molecular weight is 334 g/mol. The van der Waals surface area contributed by atoms with E-state index in [1.807, 2.05) is 0 Å². The molecule has 0 bridgehead atoms. The summed E-state index contributed by atoms with van der Waals surface area (Å²) >= 11 is 5.89. The minimum absolute atomic E-state index is 0.0902. The largest absolute Gasteiger partial charge is 0.481 e. The Morgan fingerprint density at radius 1 is 1.33 bits per heavy atom. The van der Waals surface area contributed by atoms with Gasteiger partial charge < -0.3 is 5.11 Å². The van der Waals surface area contributed by atoms with Crippen molar-refractivity contribution < 1.29 is 18.3 Å². The third-order valence-electron chi connectivity index (χ3n) is 3.00. The van der Waals surface area contributed by atoms with Gasteiger partial charge in [0.2, 0.25) is 10.0 Å². The van der Waals surface area contributed by atoms with E-state index in [0.717, 1.165) is 0 Å². The van der Waals surface area contributed by atoms with Crippen LogP contribution >= 0.6 is 11.6 Å². The number of carbonyl (C=O) groups is 1. The first-order chi connectivity index (χ1) is 9.46. The highest BCUT2D eigenvalue weighted by Crippen LogP contribution is 2.28. The van der Waals surface area contributed by atoms with Gasteiger partial charge in [-0.15, -0.1) is 0 Å². The highest BCUT2D eigenvalue weighted by molar-refractivity contribution is 7.89. The Morgan fingerprint density at radius 2 is 1.90 bits per heavy atom. The van der Waals surface area contributed by atoms with Gasteiger partial charge in [0.05, 0.1) is 11.3 Å². The zero-order valence-electron chi connectivity index (χ0n) is 12.6. The zero-order valence-corrected chi connectivity index (χ0v) is 14.1. The number of aryl methyl sites for hydroxylation is 1. The Bertz CT molecular complexity index is 635. The van der Waals surface area contributed by atoms with Crippen molar-refractivity contribution in [3.63, 3.8) is 0 Å². The van der Waals surface area contributed by atoms with Gasteiger partial charge in [-0.05, 0) is 45.4 Å². The van der Waals surface area contributed by atoms with Crippen LogP contribution in [0, 0.1) is 6.92 Å². The van der Waals surface area contributed by atoms with Crippen molar-refractivity contribution in [2.45, 2.75) is 44.6 Å². The van der Waals surface area contributed by atoms with Gasteiger partial charge in [-0.25, -0.2) is 8.42 Å². The molecule has 0 amide bonds. The minimum Gasteiger partial charge on any atom is -0.481 e. The van der Waals surface area contributed by atoms with Crippen molar-refractivity contribution in [2.24, 2.45) is 0 Å². The summed E-state index contributed by atoms with van der Waals surface area (Å²) in [5, 5.41) is 9.15. The summed E-state index contributed by atoms with van der Waals surface area (Å²) in [5.74, 6) is -1.04. The third kappa shape index (κ3) is 4.43. The number of hydrogen-bond donors (Lipinski definition) is 1. The number of sulfonamides is 1. The van der Waals surface area contributed by atoms with Gasteiger partial charge in [-0.2, -0.15) is 4.31 Å². The van der Waals surface area contributed by atoms with Gasteiger partial charge in [-0.3, -0.25) is 4.79 Å². The van der Waals surface area contributed by atoms with Gasteiger partial charge in [0.25, 0.3) is 0 Å². The van der Waals surface area contributed by atoms with Crippen molar-refractivity contribution in [1.29, 1.82) is 0 Å². The molecule has 0 aliphatic rings. The maximum absolute atomic E-state index is 12.8. The molecule has 21 heavy (non-hydrogen) atoms. The molecule has 7 heteroatoms. The quantitative estimate of drug-likeness (QED) is 0.899. The lowest BCUT2D eigenvalue weighted by atomic mass is 10.1. The van der Waals surface area contributed by atoms with E-state index in [1.165, 1.54) is 10.4 Å². The molecule has 1 aromatic rings. The number of rotatable bonds is 5. The molecule has 0 heterocycles. The summed E-state index contributed by atoms with van der Waals surface area (Å²) in [6, 6.07) is 4.65. The minimum atomic E-state index is -3.82. The fraction of sp³-hybridized carbons (Fsp3) is 0.500. The maximum Gasteiger partial charge on any atom is 0.304 e. The van der Waals surface area contributed by atoms with E-state index in [-0.39, 0.29) is 17.9 Å². The maximum atomic E-state index is 12.8. The van der Waals surface area contributed by atoms with Gasteiger partial charge >= 0.3 is 5.97 Å². The number of carboxylic acid groups (broad SMARTS) is 1. The number of aliphatic carboxylic acids is 1. The topological polar surface area (TPSA) is 74.7 Å². The normalized spacial score (nSPS) is 12.7. The highest BCUT2D eigenvalue weighted by Gasteiger charge is 2.35. The molecule has 1 N–H and O–H groups in total. The first-order valence-electron chi connectivity index (χ1n) is 6.47. The molecule has 0 aromatic heterocycles. The van der Waals surface area contributed by atoms with Gasteiger partial charge in [0, 0.05) is 17.1 Å². The van der Waals surface area contributed by atoms with Crippen molar-refractivity contribution in [1.82, 2.24) is 4.31 Å². The van der Waals surface area contributed by atoms with Crippen LogP contribution in [-0.2, 0) is 14.8 Å². The molecule has 0 radical (unpaired) electrons. The van der Waals surface area contributed by atoms with Crippen LogP contribution in [0.5, 0.6) is 0 Å². The van der Waals surface area contributed by atoms with E-state index >= 15 is 0 Å². The molecule has 118 valence electrons. The van der Waals surface area contributed by atoms with Crippen LogP contribution in [0.1, 0.15) is 32.8 Å². The van der Waals surface area contributed by atoms with E-state index in [9.17, 15) is 13.2 Å². The Kier molecular flexibility index (Phi) is 5.41. The number of nitrogens with zero attached hydrogens (tertiary/aromatic N) is 1. The zero-order chi connectivity index (χ0) is 16.4. The lowest BCUT2D eigenvalue weighted by molar-refractivity contribution is -0.137. The van der Waals surface area contributed by atoms with E-state index in [2.05, 4.69) is 0 Å². The lowest BCUT2D eigenvalue weighted by Crippen LogP contribution is -2.46. The average Bonchev–Trinajstić information content (AvgIpc) is 2.29. The summed E-state index contributed by atoms with van der Waals surface area (Å²) in [7, 11) is -3.82. The molecular weight excluding hydrogens is 314 g/mol. The van der Waals surface area contributed by atoms with Crippen molar-refractivity contribution >= 4 is 27.6 Å². The Morgan fingerprint density at radius 3 is 2.38 bits per heavy atom. The van der Waals surface area contributed by atoms with Gasteiger partial charge in [-0.1, -0.05) is 17.7 Å². The standard InChI is InChI=1S/C14H20ClNO4S/c1-10-5-6-11(15)9-12(10)21(19,20)16(14(2,3)4)8-7-13(17)18/h5-6,9H,7-8H2,1-4H3,(H,17,18). The number of benzene rings is 1. The summed E-state index contributed by atoms with van der Waals surface area (Å²) in [6.07, 6.45) is -0.254. The molecule has 0 aliphatic carbocycles. The molecule has 0 fully saturated rings. The lowest BCUT2D eigenvalue weighted by Gasteiger charge is -2.34. The van der Waals surface area contributed by atoms with Crippen molar-refractivity contribution in [3.05, 3.63) is 28.8 Å². The van der Waals surface area contributed by atoms with Crippen LogP contribution in [0.2, 0.25) is 5.02 Å². The highest BCUT2D eigenvalue weighted by atomic mass is 35.5. The van der Waals surface area contributed by atoms with Crippen LogP contribution in [0.15, 0.2) is 23.1 Å². The Hall–Kier alpha value is -1.11. The second-order valence-corrected chi connectivity index (χ2v) is 8.07. The fourth-order valence-corrected chi connectivity index (χ4v) is 4.26. The summed E-state index contributed by atoms with van der Waals surface area (Å²) in [6.45, 7) is 6.78. The second kappa shape index (κ2) is 6.34. The number of hydrogen-bond acceptors (Lipinski definition) is 3. The first-order valence-corrected chi connectivity index (χ1v) is 8.29. The molecule has 0 spiro atoms. The third-order valence-corrected chi connectivity index (χ3v) is 5.54. The summed E-state index contributed by atoms with van der Waals surface area (Å²) in [5.41, 5.74) is -0.160. The predicted octanol–water partition coefficient (Wildman–Crippen LogP) is 2.91. The molecule has 0 unspecified atom stereocenters. The van der Waals surface area contributed by atoms with Crippen LogP contribution in [0.25, 0.3) is 0 Å². The molecular formula is C14H20ClNO4S. The SMILES string of the molecule is Cc1ccc(Cl)cc1S(=O)(=O)N(CCC(=O)O)C(C)(C)C. The summed E-state index contributed by atoms with van der Waals surface area (Å²) < 4.78 is 26.9. The molecule has 1 aromatic carbocycles. The van der Waals surface area contributed by atoms with Gasteiger partial charge in [0.1, 0.15) is 0 Å². The molecule has 1 rings (SSSR count).